The maximum absolute atomic E-state index is 12.9. The van der Waals surface area contributed by atoms with Gasteiger partial charge in [-0.05, 0) is 44.5 Å². The van der Waals surface area contributed by atoms with E-state index in [0.717, 1.165) is 42.6 Å². The highest BCUT2D eigenvalue weighted by atomic mass is 32.1. The molecule has 2 amide bonds. The van der Waals surface area contributed by atoms with Gasteiger partial charge in [-0.3, -0.25) is 19.3 Å². The zero-order chi connectivity index (χ0) is 21.5. The van der Waals surface area contributed by atoms with Crippen molar-refractivity contribution >= 4 is 24.0 Å². The number of benzene rings is 1. The van der Waals surface area contributed by atoms with Crippen molar-refractivity contribution in [3.05, 3.63) is 34.6 Å². The van der Waals surface area contributed by atoms with Crippen LogP contribution >= 0.6 is 12.2 Å². The van der Waals surface area contributed by atoms with E-state index in [0.29, 0.717) is 37.4 Å². The Labute approximate surface area is 182 Å². The van der Waals surface area contributed by atoms with Crippen LogP contribution in [-0.4, -0.2) is 51.1 Å². The number of hydrogen-bond donors (Lipinski definition) is 2. The summed E-state index contributed by atoms with van der Waals surface area (Å²) in [5, 5.41) is 10.2. The molecule has 0 bridgehead atoms. The number of H-pyrrole nitrogens is 1. The van der Waals surface area contributed by atoms with Crippen LogP contribution < -0.4 is 5.32 Å². The van der Waals surface area contributed by atoms with Crippen molar-refractivity contribution in [3.63, 3.8) is 0 Å². The van der Waals surface area contributed by atoms with Gasteiger partial charge in [0.05, 0.1) is 5.92 Å². The first-order chi connectivity index (χ1) is 14.5. The van der Waals surface area contributed by atoms with Crippen LogP contribution in [0.3, 0.4) is 0 Å². The van der Waals surface area contributed by atoms with Gasteiger partial charge >= 0.3 is 0 Å². The number of nitrogens with one attached hydrogen (secondary N) is 2. The summed E-state index contributed by atoms with van der Waals surface area (Å²) in [7, 11) is 0. The number of rotatable bonds is 8. The van der Waals surface area contributed by atoms with Crippen molar-refractivity contribution in [2.45, 2.75) is 52.5 Å². The lowest BCUT2D eigenvalue weighted by atomic mass is 9.97. The van der Waals surface area contributed by atoms with Crippen molar-refractivity contribution in [3.8, 4) is 11.4 Å². The van der Waals surface area contributed by atoms with E-state index in [2.05, 4.69) is 28.5 Å². The highest BCUT2D eigenvalue weighted by molar-refractivity contribution is 7.71. The molecule has 8 heteroatoms. The molecule has 1 aliphatic heterocycles. The molecule has 1 saturated heterocycles. The van der Waals surface area contributed by atoms with E-state index in [-0.39, 0.29) is 17.7 Å². The molecule has 1 aromatic carbocycles. The molecular weight excluding hydrogens is 398 g/mol. The van der Waals surface area contributed by atoms with Crippen molar-refractivity contribution in [2.75, 3.05) is 19.6 Å². The lowest BCUT2D eigenvalue weighted by Gasteiger charge is -2.32. The highest BCUT2D eigenvalue weighted by Gasteiger charge is 2.28. The summed E-state index contributed by atoms with van der Waals surface area (Å²) in [6, 6.07) is 8.05. The van der Waals surface area contributed by atoms with Crippen molar-refractivity contribution in [1.29, 1.82) is 0 Å². The molecule has 0 spiro atoms. The van der Waals surface area contributed by atoms with E-state index in [4.69, 9.17) is 12.2 Å². The Kier molecular flexibility index (Phi) is 7.79. The molecule has 30 heavy (non-hydrogen) atoms. The molecule has 0 saturated carbocycles. The largest absolute Gasteiger partial charge is 0.356 e. The summed E-state index contributed by atoms with van der Waals surface area (Å²) in [5.74, 6) is 0.751. The lowest BCUT2D eigenvalue weighted by Crippen LogP contribution is -2.45. The van der Waals surface area contributed by atoms with Gasteiger partial charge in [0.2, 0.25) is 11.8 Å². The third-order valence-electron chi connectivity index (χ3n) is 5.56. The number of carbonyl (C=O) groups excluding carboxylic acids is 2. The van der Waals surface area contributed by atoms with Gasteiger partial charge < -0.3 is 10.2 Å². The fourth-order valence-electron chi connectivity index (χ4n) is 3.85. The van der Waals surface area contributed by atoms with Gasteiger partial charge in [-0.15, -0.1) is 0 Å². The molecule has 1 atom stereocenters. The number of aromatic amines is 1. The second kappa shape index (κ2) is 10.5. The van der Waals surface area contributed by atoms with Gasteiger partial charge in [-0.25, -0.2) is 0 Å². The quantitative estimate of drug-likeness (QED) is 0.497. The molecule has 1 fully saturated rings. The minimum Gasteiger partial charge on any atom is -0.356 e. The second-order valence-electron chi connectivity index (χ2n) is 7.95. The first-order valence-corrected chi connectivity index (χ1v) is 11.2. The van der Waals surface area contributed by atoms with Crippen LogP contribution in [0.2, 0.25) is 0 Å². The normalized spacial score (nSPS) is 16.5. The van der Waals surface area contributed by atoms with Gasteiger partial charge in [0.25, 0.3) is 0 Å². The molecule has 3 rings (SSSR count). The van der Waals surface area contributed by atoms with Crippen LogP contribution in [0, 0.1) is 17.6 Å². The number of amides is 2. The molecular formula is C22H31N5O2S. The van der Waals surface area contributed by atoms with Crippen LogP contribution in [0.25, 0.3) is 11.4 Å². The van der Waals surface area contributed by atoms with E-state index in [9.17, 15) is 9.59 Å². The monoisotopic (exact) mass is 429 g/mol. The molecule has 2 N–H and O–H groups in total. The fraction of sp³-hybridized carbons (Fsp3) is 0.545. The summed E-state index contributed by atoms with van der Waals surface area (Å²) in [6.45, 7) is 6.51. The van der Waals surface area contributed by atoms with Gasteiger partial charge in [-0.1, -0.05) is 37.1 Å². The summed E-state index contributed by atoms with van der Waals surface area (Å²) >= 11 is 5.38. The van der Waals surface area contributed by atoms with E-state index < -0.39 is 0 Å². The number of nitrogens with zero attached hydrogens (tertiary/aromatic N) is 3. The molecule has 7 nitrogen and oxygen atoms in total. The number of aromatic nitrogens is 3. The first-order valence-electron chi connectivity index (χ1n) is 10.8. The van der Waals surface area contributed by atoms with E-state index in [1.165, 1.54) is 0 Å². The van der Waals surface area contributed by atoms with E-state index >= 15 is 0 Å². The molecule has 1 aliphatic rings. The number of unbranched alkanes of at least 4 members (excludes halogenated alkanes) is 1. The minimum absolute atomic E-state index is 0.0550. The molecule has 2 heterocycles. The van der Waals surface area contributed by atoms with Crippen LogP contribution in [0.15, 0.2) is 24.3 Å². The number of hydrogen-bond acceptors (Lipinski definition) is 4. The Morgan fingerprint density at radius 2 is 2.20 bits per heavy atom. The summed E-state index contributed by atoms with van der Waals surface area (Å²) < 4.78 is 2.38. The van der Waals surface area contributed by atoms with Crippen molar-refractivity contribution < 1.29 is 9.59 Å². The van der Waals surface area contributed by atoms with Crippen molar-refractivity contribution in [1.82, 2.24) is 25.0 Å². The van der Waals surface area contributed by atoms with Crippen LogP contribution in [0.5, 0.6) is 0 Å². The molecule has 0 radical (unpaired) electrons. The number of likely N-dealkylation sites (tertiary alicyclic amines) is 1. The van der Waals surface area contributed by atoms with Crippen molar-refractivity contribution in [2.24, 2.45) is 5.92 Å². The Hall–Kier alpha value is -2.48. The summed E-state index contributed by atoms with van der Waals surface area (Å²) in [5.41, 5.74) is 2.11. The van der Waals surface area contributed by atoms with Crippen LogP contribution in [-0.2, 0) is 16.1 Å². The maximum Gasteiger partial charge on any atom is 0.224 e. The Morgan fingerprint density at radius 3 is 2.97 bits per heavy atom. The molecule has 2 aromatic rings. The van der Waals surface area contributed by atoms with E-state index in [1.807, 2.05) is 34.6 Å². The van der Waals surface area contributed by atoms with Gasteiger partial charge in [0, 0.05) is 38.2 Å². The Morgan fingerprint density at radius 1 is 1.37 bits per heavy atom. The Bertz CT molecular complexity index is 936. The lowest BCUT2D eigenvalue weighted by molar-refractivity contribution is -0.135. The molecule has 0 aliphatic carbocycles. The van der Waals surface area contributed by atoms with Gasteiger partial charge in [0.15, 0.2) is 10.6 Å². The number of carbonyl (C=O) groups is 2. The molecule has 162 valence electrons. The van der Waals surface area contributed by atoms with Gasteiger partial charge in [0.1, 0.15) is 0 Å². The van der Waals surface area contributed by atoms with Gasteiger partial charge in [-0.2, -0.15) is 5.10 Å². The molecule has 1 unspecified atom stereocenters. The highest BCUT2D eigenvalue weighted by Crippen LogP contribution is 2.20. The topological polar surface area (TPSA) is 83.0 Å². The first kappa shape index (κ1) is 22.2. The average Bonchev–Trinajstić information content (AvgIpc) is 3.12. The number of piperidine rings is 1. The SMILES string of the molecule is CCCCNC(=O)C1CCCN(C(=O)CCn2c(-c3cccc(C)c3)n[nH]c2=S)C1. The minimum atomic E-state index is -0.112. The summed E-state index contributed by atoms with van der Waals surface area (Å²) in [4.78, 5) is 27.1. The third kappa shape index (κ3) is 5.56. The second-order valence-corrected chi connectivity index (χ2v) is 8.33. The number of aryl methyl sites for hydroxylation is 1. The van der Waals surface area contributed by atoms with Crippen LogP contribution in [0.4, 0.5) is 0 Å². The molecule has 1 aromatic heterocycles. The smallest absolute Gasteiger partial charge is 0.224 e. The zero-order valence-electron chi connectivity index (χ0n) is 17.8. The predicted molar refractivity (Wildman–Crippen MR) is 119 cm³/mol. The van der Waals surface area contributed by atoms with Crippen LogP contribution in [0.1, 0.15) is 44.6 Å². The third-order valence-corrected chi connectivity index (χ3v) is 5.87. The zero-order valence-corrected chi connectivity index (χ0v) is 18.6. The fourth-order valence-corrected chi connectivity index (χ4v) is 4.07. The Balaban J connectivity index is 1.60. The summed E-state index contributed by atoms with van der Waals surface area (Å²) in [6.07, 6.45) is 4.06. The standard InChI is InChI=1S/C22H31N5O2S/c1-3-4-11-23-21(29)18-9-6-12-26(15-18)19(28)10-13-27-20(24-25-22(27)30)17-8-5-7-16(2)14-17/h5,7-8,14,18H,3-4,6,9-13,15H2,1-2H3,(H,23,29)(H,25,30). The van der Waals surface area contributed by atoms with E-state index in [1.54, 1.807) is 0 Å². The average molecular weight is 430 g/mol. The predicted octanol–water partition coefficient (Wildman–Crippen LogP) is 3.46. The maximum atomic E-state index is 12.9.